The second-order valence-electron chi connectivity index (χ2n) is 7.00. The van der Waals surface area contributed by atoms with Crippen LogP contribution in [0.5, 0.6) is 0 Å². The highest BCUT2D eigenvalue weighted by molar-refractivity contribution is 5.79. The average molecular weight is 406 g/mol. The number of fused-ring (bicyclic) bond motifs is 3. The molecule has 0 saturated carbocycles. The zero-order valence-electron chi connectivity index (χ0n) is 16.1. The summed E-state index contributed by atoms with van der Waals surface area (Å²) in [5.74, 6) is -1.56. The normalized spacial score (nSPS) is 12.6. The van der Waals surface area contributed by atoms with Gasteiger partial charge in [-0.15, -0.1) is 0 Å². The van der Waals surface area contributed by atoms with Gasteiger partial charge in [-0.05, 0) is 28.3 Å². The molecule has 0 aliphatic heterocycles. The van der Waals surface area contributed by atoms with Crippen molar-refractivity contribution in [2.45, 2.75) is 5.92 Å². The fourth-order valence-electron chi connectivity index (χ4n) is 3.72. The molecule has 6 heteroatoms. The lowest BCUT2D eigenvalue weighted by Gasteiger charge is -2.14. The zero-order chi connectivity index (χ0) is 21.1. The number of nitrogen functional groups attached to an aromatic ring is 1. The summed E-state index contributed by atoms with van der Waals surface area (Å²) in [5.41, 5.74) is 10.2. The summed E-state index contributed by atoms with van der Waals surface area (Å²) < 4.78 is 32.2. The molecule has 3 N–H and O–H groups in total. The van der Waals surface area contributed by atoms with Crippen LogP contribution in [0, 0.1) is 11.6 Å². The van der Waals surface area contributed by atoms with Gasteiger partial charge in [0.15, 0.2) is 0 Å². The van der Waals surface area contributed by atoms with E-state index in [0.29, 0.717) is 0 Å². The summed E-state index contributed by atoms with van der Waals surface area (Å²) in [4.78, 5) is 12.1. The Bertz CT molecular complexity index is 1080. The molecule has 1 amide bonds. The minimum Gasteiger partial charge on any atom is -0.449 e. The van der Waals surface area contributed by atoms with Gasteiger partial charge in [-0.3, -0.25) is 0 Å². The molecule has 0 unspecified atom stereocenters. The lowest BCUT2D eigenvalue weighted by molar-refractivity contribution is 0.144. The Kier molecular flexibility index (Phi) is 5.48. The minimum atomic E-state index is -0.820. The second-order valence-corrected chi connectivity index (χ2v) is 7.00. The molecule has 4 rings (SSSR count). The van der Waals surface area contributed by atoms with Crippen LogP contribution in [-0.2, 0) is 4.74 Å². The molecule has 30 heavy (non-hydrogen) atoms. The van der Waals surface area contributed by atoms with Crippen LogP contribution < -0.4 is 11.1 Å². The number of nitrogens with two attached hydrogens (primary N) is 1. The summed E-state index contributed by atoms with van der Waals surface area (Å²) >= 11 is 0. The van der Waals surface area contributed by atoms with Crippen LogP contribution >= 0.6 is 0 Å². The Balaban J connectivity index is 1.35. The fraction of sp³-hybridized carbons (Fsp3) is 0.125. The van der Waals surface area contributed by atoms with Gasteiger partial charge >= 0.3 is 6.09 Å². The standard InChI is InChI=1S/C24H20F2N2O2/c25-16-12-15(23(27)22(26)13-16)6-5-11-28-24(29)30-14-21-19-9-3-1-7-17(19)18-8-2-4-10-20(18)21/h1-10,12-13,21H,11,14,27H2,(H,28,29). The number of carbonyl (C=O) groups excluding carboxylic acids is 1. The number of anilines is 1. The van der Waals surface area contributed by atoms with Crippen LogP contribution in [0.4, 0.5) is 19.3 Å². The maximum atomic E-state index is 13.4. The second kappa shape index (κ2) is 8.37. The van der Waals surface area contributed by atoms with Crippen molar-refractivity contribution < 1.29 is 18.3 Å². The molecule has 0 bridgehead atoms. The summed E-state index contributed by atoms with van der Waals surface area (Å²) in [6.07, 6.45) is 2.43. The molecule has 0 saturated heterocycles. The number of rotatable bonds is 5. The van der Waals surface area contributed by atoms with Crippen LogP contribution in [0.25, 0.3) is 17.2 Å². The lowest BCUT2D eigenvalue weighted by Crippen LogP contribution is -2.26. The van der Waals surface area contributed by atoms with E-state index in [-0.39, 0.29) is 30.3 Å². The van der Waals surface area contributed by atoms with Crippen molar-refractivity contribution in [3.8, 4) is 11.1 Å². The lowest BCUT2D eigenvalue weighted by atomic mass is 9.98. The molecule has 3 aromatic carbocycles. The first-order valence-corrected chi connectivity index (χ1v) is 9.54. The van der Waals surface area contributed by atoms with E-state index in [4.69, 9.17) is 10.5 Å². The van der Waals surface area contributed by atoms with Crippen LogP contribution in [0.15, 0.2) is 66.7 Å². The first-order valence-electron chi connectivity index (χ1n) is 9.54. The van der Waals surface area contributed by atoms with E-state index >= 15 is 0 Å². The maximum absolute atomic E-state index is 13.4. The van der Waals surface area contributed by atoms with Crippen LogP contribution in [0.1, 0.15) is 22.6 Å². The molecule has 0 aromatic heterocycles. The number of nitrogens with one attached hydrogen (secondary N) is 1. The maximum Gasteiger partial charge on any atom is 0.407 e. The molecule has 152 valence electrons. The monoisotopic (exact) mass is 406 g/mol. The van der Waals surface area contributed by atoms with Crippen molar-refractivity contribution in [2.24, 2.45) is 0 Å². The van der Waals surface area contributed by atoms with Gasteiger partial charge in [0, 0.05) is 24.1 Å². The van der Waals surface area contributed by atoms with E-state index in [1.165, 1.54) is 6.08 Å². The van der Waals surface area contributed by atoms with Gasteiger partial charge < -0.3 is 15.8 Å². The highest BCUT2D eigenvalue weighted by Gasteiger charge is 2.28. The van der Waals surface area contributed by atoms with Gasteiger partial charge in [-0.1, -0.05) is 60.7 Å². The molecule has 4 nitrogen and oxygen atoms in total. The van der Waals surface area contributed by atoms with Crippen molar-refractivity contribution in [1.82, 2.24) is 5.32 Å². The van der Waals surface area contributed by atoms with Crippen LogP contribution in [0.3, 0.4) is 0 Å². The van der Waals surface area contributed by atoms with E-state index in [9.17, 15) is 13.6 Å². The van der Waals surface area contributed by atoms with Crippen molar-refractivity contribution in [2.75, 3.05) is 18.9 Å². The zero-order valence-corrected chi connectivity index (χ0v) is 16.1. The molecule has 0 atom stereocenters. The molecular formula is C24H20F2N2O2. The number of halogens is 2. The summed E-state index contributed by atoms with van der Waals surface area (Å²) in [6, 6.07) is 18.0. The molecular weight excluding hydrogens is 386 g/mol. The van der Waals surface area contributed by atoms with Crippen molar-refractivity contribution in [1.29, 1.82) is 0 Å². The molecule has 1 aliphatic rings. The molecule has 0 fully saturated rings. The van der Waals surface area contributed by atoms with E-state index in [0.717, 1.165) is 34.4 Å². The average Bonchev–Trinajstić information content (AvgIpc) is 3.07. The number of ether oxygens (including phenoxy) is 1. The van der Waals surface area contributed by atoms with Crippen molar-refractivity contribution >= 4 is 17.9 Å². The largest absolute Gasteiger partial charge is 0.449 e. The Morgan fingerprint density at radius 1 is 1.03 bits per heavy atom. The van der Waals surface area contributed by atoms with Gasteiger partial charge in [0.1, 0.15) is 18.2 Å². The van der Waals surface area contributed by atoms with E-state index in [2.05, 4.69) is 17.4 Å². The Hall–Kier alpha value is -3.67. The van der Waals surface area contributed by atoms with Gasteiger partial charge in [0.05, 0.1) is 5.69 Å². The molecule has 1 aliphatic carbocycles. The number of hydrogen-bond acceptors (Lipinski definition) is 3. The smallest absolute Gasteiger partial charge is 0.407 e. The Labute approximate surface area is 173 Å². The molecule has 0 radical (unpaired) electrons. The minimum absolute atomic E-state index is 0.0197. The third kappa shape index (κ3) is 3.89. The summed E-state index contributed by atoms with van der Waals surface area (Å²) in [6.45, 7) is 0.347. The third-order valence-corrected chi connectivity index (χ3v) is 5.13. The SMILES string of the molecule is Nc1c(F)cc(F)cc1C=CCNC(=O)OCC1c2ccccc2-c2ccccc21. The third-order valence-electron chi connectivity index (χ3n) is 5.13. The molecule has 0 spiro atoms. The number of carbonyl (C=O) groups is 1. The van der Waals surface area contributed by atoms with E-state index in [1.54, 1.807) is 6.08 Å². The van der Waals surface area contributed by atoms with Gasteiger partial charge in [-0.2, -0.15) is 0 Å². The number of alkyl carbamates (subject to hydrolysis) is 1. The molecule has 0 heterocycles. The number of amides is 1. The van der Waals surface area contributed by atoms with Gasteiger partial charge in [-0.25, -0.2) is 13.6 Å². The number of benzene rings is 3. The topological polar surface area (TPSA) is 64.3 Å². The van der Waals surface area contributed by atoms with E-state index in [1.807, 2.05) is 36.4 Å². The first kappa shape index (κ1) is 19.6. The quantitative estimate of drug-likeness (QED) is 0.580. The highest BCUT2D eigenvalue weighted by atomic mass is 19.1. The van der Waals surface area contributed by atoms with Crippen LogP contribution in [0.2, 0.25) is 0 Å². The fourth-order valence-corrected chi connectivity index (χ4v) is 3.72. The Morgan fingerprint density at radius 2 is 1.67 bits per heavy atom. The predicted molar refractivity (Wildman–Crippen MR) is 113 cm³/mol. The predicted octanol–water partition coefficient (Wildman–Crippen LogP) is 5.10. The highest BCUT2D eigenvalue weighted by Crippen LogP contribution is 2.44. The summed E-state index contributed by atoms with van der Waals surface area (Å²) in [7, 11) is 0. The molecule has 3 aromatic rings. The van der Waals surface area contributed by atoms with E-state index < -0.39 is 17.7 Å². The van der Waals surface area contributed by atoms with Crippen LogP contribution in [-0.4, -0.2) is 19.2 Å². The van der Waals surface area contributed by atoms with Gasteiger partial charge in [0.2, 0.25) is 0 Å². The van der Waals surface area contributed by atoms with Crippen molar-refractivity contribution in [3.05, 3.63) is 95.1 Å². The van der Waals surface area contributed by atoms with Crippen molar-refractivity contribution in [3.63, 3.8) is 0 Å². The number of hydrogen-bond donors (Lipinski definition) is 2. The first-order chi connectivity index (χ1) is 14.5. The van der Waals surface area contributed by atoms with Gasteiger partial charge in [0.25, 0.3) is 0 Å². The Morgan fingerprint density at radius 3 is 2.33 bits per heavy atom. The summed E-state index contributed by atoms with van der Waals surface area (Å²) in [5, 5.41) is 2.60.